The Kier molecular flexibility index (Phi) is 5.65. The lowest BCUT2D eigenvalue weighted by Gasteiger charge is -2.16. The van der Waals surface area contributed by atoms with E-state index in [1.165, 1.54) is 0 Å². The molecule has 0 aliphatic rings. The zero-order chi connectivity index (χ0) is 12.8. The highest BCUT2D eigenvalue weighted by atomic mass is 32.2. The van der Waals surface area contributed by atoms with E-state index in [0.717, 1.165) is 34.8 Å². The van der Waals surface area contributed by atoms with E-state index in [1.807, 2.05) is 18.4 Å². The van der Waals surface area contributed by atoms with Gasteiger partial charge < -0.3 is 15.2 Å². The van der Waals surface area contributed by atoms with Crippen molar-refractivity contribution < 1.29 is 9.47 Å². The smallest absolute Gasteiger partial charge is 0.132 e. The molecule has 0 fully saturated rings. The average Bonchev–Trinajstić information content (AvgIpc) is 2.37. The Balaban J connectivity index is 3.09. The molecule has 0 aliphatic carbocycles. The van der Waals surface area contributed by atoms with Gasteiger partial charge in [-0.2, -0.15) is 0 Å². The number of benzene rings is 1. The van der Waals surface area contributed by atoms with E-state index in [0.29, 0.717) is 0 Å². The van der Waals surface area contributed by atoms with Crippen molar-refractivity contribution in [2.75, 3.05) is 20.5 Å². The van der Waals surface area contributed by atoms with E-state index in [4.69, 9.17) is 15.2 Å². The third-order valence-corrected chi connectivity index (χ3v) is 3.55. The SMILES string of the molecule is CC[C@@H](N)Cc1cc(OC)c(SC)cc1OC. The number of hydrogen-bond acceptors (Lipinski definition) is 4. The highest BCUT2D eigenvalue weighted by Crippen LogP contribution is 2.35. The second kappa shape index (κ2) is 6.77. The molecule has 17 heavy (non-hydrogen) atoms. The number of rotatable bonds is 6. The van der Waals surface area contributed by atoms with Gasteiger partial charge in [0.05, 0.1) is 19.1 Å². The van der Waals surface area contributed by atoms with E-state index in [9.17, 15) is 0 Å². The highest BCUT2D eigenvalue weighted by molar-refractivity contribution is 7.98. The van der Waals surface area contributed by atoms with Crippen molar-refractivity contribution in [2.45, 2.75) is 30.7 Å². The molecule has 1 rings (SSSR count). The molecule has 1 aromatic rings. The van der Waals surface area contributed by atoms with Crippen molar-refractivity contribution in [1.29, 1.82) is 0 Å². The van der Waals surface area contributed by atoms with Gasteiger partial charge >= 0.3 is 0 Å². The third-order valence-electron chi connectivity index (χ3n) is 2.79. The molecule has 0 saturated carbocycles. The first-order valence-electron chi connectivity index (χ1n) is 5.70. The van der Waals surface area contributed by atoms with Gasteiger partial charge in [-0.25, -0.2) is 0 Å². The van der Waals surface area contributed by atoms with Crippen LogP contribution in [-0.4, -0.2) is 26.5 Å². The van der Waals surface area contributed by atoms with Gasteiger partial charge in [0.25, 0.3) is 0 Å². The van der Waals surface area contributed by atoms with Gasteiger partial charge in [0.15, 0.2) is 0 Å². The zero-order valence-corrected chi connectivity index (χ0v) is 11.8. The van der Waals surface area contributed by atoms with E-state index >= 15 is 0 Å². The molecule has 1 aromatic carbocycles. The third kappa shape index (κ3) is 3.54. The van der Waals surface area contributed by atoms with Crippen LogP contribution in [0.25, 0.3) is 0 Å². The molecule has 2 N–H and O–H groups in total. The summed E-state index contributed by atoms with van der Waals surface area (Å²) in [6, 6.07) is 4.20. The van der Waals surface area contributed by atoms with Crippen LogP contribution >= 0.6 is 11.8 Å². The Morgan fingerprint density at radius 3 is 2.35 bits per heavy atom. The predicted molar refractivity (Wildman–Crippen MR) is 73.3 cm³/mol. The standard InChI is InChI=1S/C13H21NO2S/c1-5-10(14)6-9-7-12(16-3)13(17-4)8-11(9)15-2/h7-8,10H,5-6,14H2,1-4H3/t10-/m1/s1. The maximum Gasteiger partial charge on any atom is 0.132 e. The fourth-order valence-electron chi connectivity index (χ4n) is 1.68. The summed E-state index contributed by atoms with van der Waals surface area (Å²) in [7, 11) is 3.37. The highest BCUT2D eigenvalue weighted by Gasteiger charge is 2.12. The first kappa shape index (κ1) is 14.2. The predicted octanol–water partition coefficient (Wildman–Crippen LogP) is 2.71. The molecule has 0 saturated heterocycles. The summed E-state index contributed by atoms with van der Waals surface area (Å²) in [5.41, 5.74) is 7.10. The Bertz CT molecular complexity index is 369. The van der Waals surface area contributed by atoms with Gasteiger partial charge in [-0.1, -0.05) is 6.92 Å². The Hall–Kier alpha value is -0.870. The second-order valence-corrected chi connectivity index (χ2v) is 4.74. The van der Waals surface area contributed by atoms with Crippen molar-refractivity contribution >= 4 is 11.8 Å². The molecule has 0 aliphatic heterocycles. The van der Waals surface area contributed by atoms with Gasteiger partial charge in [-0.3, -0.25) is 0 Å². The van der Waals surface area contributed by atoms with Crippen LogP contribution < -0.4 is 15.2 Å². The largest absolute Gasteiger partial charge is 0.496 e. The van der Waals surface area contributed by atoms with Crippen LogP contribution in [0.2, 0.25) is 0 Å². The molecule has 0 aromatic heterocycles. The van der Waals surface area contributed by atoms with Crippen molar-refractivity contribution in [2.24, 2.45) is 5.73 Å². The maximum atomic E-state index is 5.99. The summed E-state index contributed by atoms with van der Waals surface area (Å²) < 4.78 is 10.8. The van der Waals surface area contributed by atoms with Crippen LogP contribution in [0.15, 0.2) is 17.0 Å². The summed E-state index contributed by atoms with van der Waals surface area (Å²) >= 11 is 1.65. The molecule has 1 atom stereocenters. The van der Waals surface area contributed by atoms with Crippen molar-refractivity contribution in [3.8, 4) is 11.5 Å². The van der Waals surface area contributed by atoms with Gasteiger partial charge in [-0.15, -0.1) is 11.8 Å². The van der Waals surface area contributed by atoms with Gasteiger partial charge in [0.1, 0.15) is 11.5 Å². The first-order valence-corrected chi connectivity index (χ1v) is 6.93. The molecular weight excluding hydrogens is 234 g/mol. The molecule has 0 heterocycles. The summed E-state index contributed by atoms with van der Waals surface area (Å²) in [6.45, 7) is 2.09. The topological polar surface area (TPSA) is 44.5 Å². The van der Waals surface area contributed by atoms with E-state index in [1.54, 1.807) is 26.0 Å². The van der Waals surface area contributed by atoms with Crippen LogP contribution in [0.5, 0.6) is 11.5 Å². The van der Waals surface area contributed by atoms with E-state index < -0.39 is 0 Å². The molecule has 0 radical (unpaired) electrons. The molecule has 3 nitrogen and oxygen atoms in total. The number of nitrogens with two attached hydrogens (primary N) is 1. The maximum absolute atomic E-state index is 5.99. The summed E-state index contributed by atoms with van der Waals surface area (Å²) in [5, 5.41) is 0. The average molecular weight is 255 g/mol. The van der Waals surface area contributed by atoms with Crippen LogP contribution in [0, 0.1) is 0 Å². The molecule has 0 bridgehead atoms. The monoisotopic (exact) mass is 255 g/mol. The van der Waals surface area contributed by atoms with Crippen LogP contribution in [-0.2, 0) is 6.42 Å². The van der Waals surface area contributed by atoms with Crippen LogP contribution in [0.4, 0.5) is 0 Å². The number of methoxy groups -OCH3 is 2. The number of hydrogen-bond donors (Lipinski definition) is 1. The number of thioether (sulfide) groups is 1. The van der Waals surface area contributed by atoms with Crippen molar-refractivity contribution in [3.63, 3.8) is 0 Å². The normalized spacial score (nSPS) is 12.3. The Labute approximate surface area is 108 Å². The van der Waals surface area contributed by atoms with Gasteiger partial charge in [0, 0.05) is 6.04 Å². The minimum absolute atomic E-state index is 0.161. The van der Waals surface area contributed by atoms with E-state index in [-0.39, 0.29) is 6.04 Å². The Morgan fingerprint density at radius 1 is 1.24 bits per heavy atom. The van der Waals surface area contributed by atoms with Gasteiger partial charge in [0.2, 0.25) is 0 Å². The van der Waals surface area contributed by atoms with E-state index in [2.05, 4.69) is 6.92 Å². The van der Waals surface area contributed by atoms with Crippen molar-refractivity contribution in [3.05, 3.63) is 17.7 Å². The lowest BCUT2D eigenvalue weighted by molar-refractivity contribution is 0.389. The first-order chi connectivity index (χ1) is 8.15. The van der Waals surface area contributed by atoms with Crippen molar-refractivity contribution in [1.82, 2.24) is 0 Å². The zero-order valence-electron chi connectivity index (χ0n) is 10.9. The summed E-state index contributed by atoms with van der Waals surface area (Å²) in [4.78, 5) is 1.08. The second-order valence-electron chi connectivity index (χ2n) is 3.89. The molecule has 0 spiro atoms. The minimum atomic E-state index is 0.161. The molecule has 4 heteroatoms. The summed E-state index contributed by atoms with van der Waals surface area (Å²) in [6.07, 6.45) is 3.79. The molecule has 0 unspecified atom stereocenters. The Morgan fingerprint density at radius 2 is 1.88 bits per heavy atom. The van der Waals surface area contributed by atoms with Crippen LogP contribution in [0.3, 0.4) is 0 Å². The molecular formula is C13H21NO2S. The lowest BCUT2D eigenvalue weighted by atomic mass is 10.0. The van der Waals surface area contributed by atoms with Crippen LogP contribution in [0.1, 0.15) is 18.9 Å². The fraction of sp³-hybridized carbons (Fsp3) is 0.538. The molecule has 96 valence electrons. The molecule has 0 amide bonds. The summed E-state index contributed by atoms with van der Waals surface area (Å²) in [5.74, 6) is 1.77. The fourth-order valence-corrected chi connectivity index (χ4v) is 2.25. The van der Waals surface area contributed by atoms with Gasteiger partial charge in [-0.05, 0) is 36.8 Å². The number of ether oxygens (including phenoxy) is 2. The minimum Gasteiger partial charge on any atom is -0.496 e. The lowest BCUT2D eigenvalue weighted by Crippen LogP contribution is -2.21. The quantitative estimate of drug-likeness (QED) is 0.794.